The van der Waals surface area contributed by atoms with Crippen molar-refractivity contribution in [2.75, 3.05) is 12.4 Å². The van der Waals surface area contributed by atoms with E-state index in [4.69, 9.17) is 14.6 Å². The highest BCUT2D eigenvalue weighted by Crippen LogP contribution is 2.32. The van der Waals surface area contributed by atoms with E-state index in [1.165, 1.54) is 23.1 Å². The Hall–Kier alpha value is -1.76. The maximum absolute atomic E-state index is 11.0. The first-order valence-electron chi connectivity index (χ1n) is 8.09. The van der Waals surface area contributed by atoms with Crippen molar-refractivity contribution in [2.24, 2.45) is 4.99 Å². The highest BCUT2D eigenvalue weighted by molar-refractivity contribution is 8.15. The molecule has 2 unspecified atom stereocenters. The van der Waals surface area contributed by atoms with Crippen molar-refractivity contribution in [2.45, 2.75) is 30.6 Å². The summed E-state index contributed by atoms with van der Waals surface area (Å²) in [6.45, 7) is -0.141. The minimum atomic E-state index is -1.38. The fourth-order valence-corrected chi connectivity index (χ4v) is 4.80. The largest absolute Gasteiger partial charge is 0.480 e. The molecule has 0 aliphatic carbocycles. The number of carboxylic acid groups (broad SMARTS) is 1. The van der Waals surface area contributed by atoms with Crippen molar-refractivity contribution in [3.8, 4) is 5.75 Å². The summed E-state index contributed by atoms with van der Waals surface area (Å²) < 4.78 is 11.6. The Morgan fingerprint density at radius 3 is 2.81 bits per heavy atom. The summed E-state index contributed by atoms with van der Waals surface area (Å²) >= 11 is 2.72. The number of rotatable bonds is 4. The van der Waals surface area contributed by atoms with E-state index in [2.05, 4.69) is 9.98 Å². The number of hydrogen-bond acceptors (Lipinski definition) is 10. The topological polar surface area (TPSA) is 142 Å². The van der Waals surface area contributed by atoms with Crippen LogP contribution in [0.4, 0.5) is 0 Å². The normalized spacial score (nSPS) is 31.1. The maximum atomic E-state index is 11.0. The molecule has 1 aromatic heterocycles. The van der Waals surface area contributed by atoms with E-state index in [1.54, 1.807) is 18.2 Å². The molecule has 5 atom stereocenters. The van der Waals surface area contributed by atoms with Crippen LogP contribution in [-0.4, -0.2) is 79.4 Å². The number of aliphatic hydroxyl groups is 3. The molecule has 0 bridgehead atoms. The molecule has 0 amide bonds. The van der Waals surface area contributed by atoms with E-state index in [1.807, 2.05) is 0 Å². The van der Waals surface area contributed by atoms with Gasteiger partial charge in [0, 0.05) is 5.75 Å². The van der Waals surface area contributed by atoms with E-state index in [9.17, 15) is 20.1 Å². The third kappa shape index (κ3) is 3.66. The van der Waals surface area contributed by atoms with E-state index in [0.29, 0.717) is 27.1 Å². The zero-order valence-electron chi connectivity index (χ0n) is 13.8. The second-order valence-electron chi connectivity index (χ2n) is 6.12. The number of aliphatic carboxylic acids is 1. The number of nitrogens with zero attached hydrogens (tertiary/aromatic N) is 2. The Morgan fingerprint density at radius 1 is 1.26 bits per heavy atom. The minimum absolute atomic E-state index is 0.141. The third-order valence-electron chi connectivity index (χ3n) is 4.19. The molecule has 1 saturated heterocycles. The molecule has 2 aliphatic rings. The third-order valence-corrected chi connectivity index (χ3v) is 6.39. The van der Waals surface area contributed by atoms with Crippen molar-refractivity contribution in [1.29, 1.82) is 0 Å². The Morgan fingerprint density at radius 2 is 2.07 bits per heavy atom. The fourth-order valence-electron chi connectivity index (χ4n) is 2.70. The fraction of sp³-hybridized carbons (Fsp3) is 0.438. The standard InChI is InChI=1S/C16H16N2O7S2/c19-9-4-24-16(12(21)11(9)20)25-6-1-2-7-10(3-6)27-14(17-7)13-18-8(5-26-13)15(22)23/h1-3,8-9,11-12,16,19-21H,4-5H2,(H,22,23)/t8-,9-,11?,12?,16+/m1/s1. The molecular formula is C16H16N2O7S2. The molecular weight excluding hydrogens is 396 g/mol. The predicted octanol–water partition coefficient (Wildman–Crippen LogP) is 0.0607. The van der Waals surface area contributed by atoms with Crippen LogP contribution in [0.3, 0.4) is 0 Å². The number of hydrogen-bond donors (Lipinski definition) is 4. The lowest BCUT2D eigenvalue weighted by atomic mass is 10.1. The zero-order chi connectivity index (χ0) is 19.1. The number of fused-ring (bicyclic) bond motifs is 1. The van der Waals surface area contributed by atoms with Gasteiger partial charge in [-0.1, -0.05) is 0 Å². The van der Waals surface area contributed by atoms with E-state index in [0.717, 1.165) is 4.70 Å². The van der Waals surface area contributed by atoms with Gasteiger partial charge in [-0.2, -0.15) is 0 Å². The molecule has 11 heteroatoms. The van der Waals surface area contributed by atoms with Crippen LogP contribution in [0.2, 0.25) is 0 Å². The van der Waals surface area contributed by atoms with Gasteiger partial charge in [0.15, 0.2) is 6.04 Å². The van der Waals surface area contributed by atoms with E-state index < -0.39 is 36.6 Å². The molecule has 2 aliphatic heterocycles. The molecule has 1 fully saturated rings. The van der Waals surface area contributed by atoms with Gasteiger partial charge < -0.3 is 29.9 Å². The lowest BCUT2D eigenvalue weighted by molar-refractivity contribution is -0.242. The lowest BCUT2D eigenvalue weighted by Gasteiger charge is -2.34. The van der Waals surface area contributed by atoms with Crippen LogP contribution in [0.5, 0.6) is 5.75 Å². The van der Waals surface area contributed by atoms with Gasteiger partial charge in [0.1, 0.15) is 34.1 Å². The predicted molar refractivity (Wildman–Crippen MR) is 98.4 cm³/mol. The number of aliphatic imine (C=N–C) groups is 1. The van der Waals surface area contributed by atoms with Crippen molar-refractivity contribution >= 4 is 44.3 Å². The average Bonchev–Trinajstić information content (AvgIpc) is 3.28. The van der Waals surface area contributed by atoms with Gasteiger partial charge >= 0.3 is 5.97 Å². The molecule has 9 nitrogen and oxygen atoms in total. The number of carboxylic acids is 1. The summed E-state index contributed by atoms with van der Waals surface area (Å²) in [4.78, 5) is 19.7. The summed E-state index contributed by atoms with van der Waals surface area (Å²) in [5, 5.41) is 39.5. The number of ether oxygens (including phenoxy) is 2. The number of thiazole rings is 1. The molecule has 1 aromatic carbocycles. The summed E-state index contributed by atoms with van der Waals surface area (Å²) in [5.41, 5.74) is 0.713. The van der Waals surface area contributed by atoms with Crippen molar-refractivity contribution in [3.63, 3.8) is 0 Å². The Bertz CT molecular complexity index is 902. The molecule has 144 valence electrons. The van der Waals surface area contributed by atoms with E-state index in [-0.39, 0.29) is 6.61 Å². The minimum Gasteiger partial charge on any atom is -0.480 e. The Kier molecular flexibility index (Phi) is 5.05. The van der Waals surface area contributed by atoms with Crippen LogP contribution in [-0.2, 0) is 9.53 Å². The van der Waals surface area contributed by atoms with Crippen molar-refractivity contribution in [3.05, 3.63) is 23.2 Å². The van der Waals surface area contributed by atoms with Crippen LogP contribution in [0.25, 0.3) is 10.2 Å². The Balaban J connectivity index is 1.53. The second-order valence-corrected chi connectivity index (χ2v) is 8.16. The van der Waals surface area contributed by atoms with Gasteiger partial charge in [0.05, 0.1) is 16.8 Å². The molecule has 27 heavy (non-hydrogen) atoms. The molecule has 3 heterocycles. The number of aromatic nitrogens is 1. The molecule has 2 aromatic rings. The molecule has 0 spiro atoms. The number of benzene rings is 1. The summed E-state index contributed by atoms with van der Waals surface area (Å²) in [6.07, 6.45) is -4.98. The van der Waals surface area contributed by atoms with Crippen LogP contribution in [0.15, 0.2) is 23.2 Å². The van der Waals surface area contributed by atoms with Gasteiger partial charge in [-0.05, 0) is 18.2 Å². The van der Waals surface area contributed by atoms with Gasteiger partial charge in [0.25, 0.3) is 0 Å². The first-order chi connectivity index (χ1) is 12.9. The average molecular weight is 412 g/mol. The van der Waals surface area contributed by atoms with Gasteiger partial charge in [0.2, 0.25) is 6.29 Å². The molecule has 0 saturated carbocycles. The summed E-state index contributed by atoms with van der Waals surface area (Å²) in [5.74, 6) is -0.151. The quantitative estimate of drug-likeness (QED) is 0.548. The van der Waals surface area contributed by atoms with Gasteiger partial charge in [-0.15, -0.1) is 23.1 Å². The first-order valence-corrected chi connectivity index (χ1v) is 9.89. The molecule has 0 radical (unpaired) electrons. The first kappa shape index (κ1) is 18.6. The lowest BCUT2D eigenvalue weighted by Crippen LogP contribution is -2.54. The van der Waals surface area contributed by atoms with Crippen LogP contribution < -0.4 is 4.74 Å². The number of carbonyl (C=O) groups is 1. The zero-order valence-corrected chi connectivity index (χ0v) is 15.4. The monoisotopic (exact) mass is 412 g/mol. The molecule has 4 N–H and O–H groups in total. The van der Waals surface area contributed by atoms with Crippen LogP contribution in [0.1, 0.15) is 5.01 Å². The second kappa shape index (κ2) is 7.34. The van der Waals surface area contributed by atoms with Crippen molar-refractivity contribution in [1.82, 2.24) is 4.98 Å². The molecule has 4 rings (SSSR count). The summed E-state index contributed by atoms with van der Waals surface area (Å²) in [6, 6.07) is 4.37. The smallest absolute Gasteiger partial charge is 0.329 e. The Labute approximate surface area is 161 Å². The number of thioether (sulfide) groups is 1. The highest BCUT2D eigenvalue weighted by Gasteiger charge is 2.39. The van der Waals surface area contributed by atoms with Gasteiger partial charge in [-0.25, -0.2) is 9.78 Å². The summed E-state index contributed by atoms with van der Waals surface area (Å²) in [7, 11) is 0. The van der Waals surface area contributed by atoms with Gasteiger partial charge in [-0.3, -0.25) is 4.99 Å². The van der Waals surface area contributed by atoms with E-state index >= 15 is 0 Å². The van der Waals surface area contributed by atoms with Crippen LogP contribution in [0, 0.1) is 0 Å². The van der Waals surface area contributed by atoms with Crippen LogP contribution >= 0.6 is 23.1 Å². The SMILES string of the molecule is O=C(O)[C@H]1CSC(c2nc3ccc(O[C@@H]4OC[C@@H](O)C(O)C4O)cc3s2)=N1. The maximum Gasteiger partial charge on any atom is 0.329 e. The van der Waals surface area contributed by atoms with Crippen molar-refractivity contribution < 1.29 is 34.7 Å². The number of aliphatic hydroxyl groups excluding tert-OH is 3. The highest BCUT2D eigenvalue weighted by atomic mass is 32.2.